The van der Waals surface area contributed by atoms with E-state index in [-0.39, 0.29) is 36.0 Å². The van der Waals surface area contributed by atoms with Crippen molar-refractivity contribution in [3.63, 3.8) is 0 Å². The van der Waals surface area contributed by atoms with Crippen molar-refractivity contribution in [2.24, 2.45) is 4.99 Å². The summed E-state index contributed by atoms with van der Waals surface area (Å²) >= 11 is 0. The van der Waals surface area contributed by atoms with Gasteiger partial charge < -0.3 is 10.6 Å². The van der Waals surface area contributed by atoms with Crippen molar-refractivity contribution < 1.29 is 8.78 Å². The largest absolute Gasteiger partial charge is 0.357 e. The number of aromatic nitrogens is 3. The monoisotopic (exact) mass is 486 g/mol. The van der Waals surface area contributed by atoms with Gasteiger partial charge in [-0.25, -0.2) is 13.8 Å². The lowest BCUT2D eigenvalue weighted by Crippen LogP contribution is -2.38. The molecule has 144 valence electrons. The second-order valence-electron chi connectivity index (χ2n) is 5.62. The highest BCUT2D eigenvalue weighted by molar-refractivity contribution is 14.0. The molecule has 0 aliphatic carbocycles. The van der Waals surface area contributed by atoms with Crippen LogP contribution in [0.15, 0.2) is 47.6 Å². The molecule has 0 aliphatic rings. The first kappa shape index (κ1) is 21.0. The Morgan fingerprint density at radius 2 is 1.85 bits per heavy atom. The minimum Gasteiger partial charge on any atom is -0.357 e. The summed E-state index contributed by atoms with van der Waals surface area (Å²) in [5, 5.41) is 14.4. The Labute approximate surface area is 173 Å². The molecular formula is C18H21F2IN6. The molecule has 1 aromatic carbocycles. The van der Waals surface area contributed by atoms with Gasteiger partial charge in [0.1, 0.15) is 18.2 Å². The summed E-state index contributed by atoms with van der Waals surface area (Å²) in [5.41, 5.74) is 0.824. The zero-order valence-corrected chi connectivity index (χ0v) is 17.2. The van der Waals surface area contributed by atoms with Crippen LogP contribution in [0.3, 0.4) is 0 Å². The minimum atomic E-state index is -0.538. The Morgan fingerprint density at radius 1 is 1.07 bits per heavy atom. The van der Waals surface area contributed by atoms with E-state index in [1.165, 1.54) is 18.2 Å². The van der Waals surface area contributed by atoms with Crippen LogP contribution < -0.4 is 10.6 Å². The van der Waals surface area contributed by atoms with Crippen molar-refractivity contribution in [2.75, 3.05) is 13.1 Å². The van der Waals surface area contributed by atoms with Crippen LogP contribution >= 0.6 is 24.0 Å². The van der Waals surface area contributed by atoms with E-state index in [1.807, 2.05) is 35.7 Å². The first-order chi connectivity index (χ1) is 12.7. The quantitative estimate of drug-likeness (QED) is 0.320. The van der Waals surface area contributed by atoms with Gasteiger partial charge in [0.25, 0.3) is 0 Å². The second kappa shape index (κ2) is 10.1. The van der Waals surface area contributed by atoms with Crippen molar-refractivity contribution in [3.05, 3.63) is 65.6 Å². The minimum absolute atomic E-state index is 0. The van der Waals surface area contributed by atoms with Gasteiger partial charge in [0.15, 0.2) is 17.4 Å². The van der Waals surface area contributed by atoms with Gasteiger partial charge >= 0.3 is 0 Å². The van der Waals surface area contributed by atoms with E-state index >= 15 is 0 Å². The van der Waals surface area contributed by atoms with E-state index in [0.717, 1.165) is 5.65 Å². The number of fused-ring (bicyclic) bond motifs is 1. The molecule has 27 heavy (non-hydrogen) atoms. The zero-order chi connectivity index (χ0) is 18.4. The number of nitrogens with zero attached hydrogens (tertiary/aromatic N) is 4. The fourth-order valence-electron chi connectivity index (χ4n) is 2.57. The molecule has 0 fully saturated rings. The summed E-state index contributed by atoms with van der Waals surface area (Å²) in [4.78, 5) is 4.47. The summed E-state index contributed by atoms with van der Waals surface area (Å²) in [6.45, 7) is 3.29. The number of hydrogen-bond acceptors (Lipinski definition) is 3. The van der Waals surface area contributed by atoms with E-state index in [0.29, 0.717) is 31.4 Å². The molecule has 0 saturated carbocycles. The molecule has 0 unspecified atom stereocenters. The number of guanidine groups is 1. The van der Waals surface area contributed by atoms with Crippen LogP contribution in [-0.4, -0.2) is 33.6 Å². The molecular weight excluding hydrogens is 465 g/mol. The van der Waals surface area contributed by atoms with Crippen molar-refractivity contribution in [3.8, 4) is 0 Å². The normalized spacial score (nSPS) is 11.3. The fraction of sp³-hybridized carbons (Fsp3) is 0.278. The van der Waals surface area contributed by atoms with Crippen molar-refractivity contribution >= 4 is 35.6 Å². The summed E-state index contributed by atoms with van der Waals surface area (Å²) in [7, 11) is 0. The highest BCUT2D eigenvalue weighted by Crippen LogP contribution is 2.12. The molecule has 0 bridgehead atoms. The number of pyridine rings is 1. The van der Waals surface area contributed by atoms with Crippen molar-refractivity contribution in [2.45, 2.75) is 19.9 Å². The van der Waals surface area contributed by atoms with Gasteiger partial charge in [-0.1, -0.05) is 12.1 Å². The number of halogens is 3. The van der Waals surface area contributed by atoms with Crippen LogP contribution in [0, 0.1) is 11.6 Å². The summed E-state index contributed by atoms with van der Waals surface area (Å²) in [6, 6.07) is 9.53. The molecule has 9 heteroatoms. The van der Waals surface area contributed by atoms with E-state index in [9.17, 15) is 8.78 Å². The van der Waals surface area contributed by atoms with Crippen LogP contribution in [-0.2, 0) is 13.0 Å². The standard InChI is InChI=1S/C18H20F2N6.HI/c1-2-21-18(22-10-9-13-14(19)6-5-7-15(13)20)23-12-17-25-24-16-8-3-4-11-26(16)17;/h3-8,11H,2,9-10,12H2,1H3,(H2,21,22,23);1H. The van der Waals surface area contributed by atoms with Gasteiger partial charge in [-0.05, 0) is 37.6 Å². The molecule has 0 radical (unpaired) electrons. The average Bonchev–Trinajstić information content (AvgIpc) is 3.05. The Kier molecular flexibility index (Phi) is 7.89. The highest BCUT2D eigenvalue weighted by atomic mass is 127. The molecule has 3 rings (SSSR count). The first-order valence-corrected chi connectivity index (χ1v) is 8.42. The highest BCUT2D eigenvalue weighted by Gasteiger charge is 2.09. The summed E-state index contributed by atoms with van der Waals surface area (Å²) in [6.07, 6.45) is 2.10. The Bertz CT molecular complexity index is 892. The van der Waals surface area contributed by atoms with Gasteiger partial charge in [0.2, 0.25) is 0 Å². The maximum atomic E-state index is 13.7. The lowest BCUT2D eigenvalue weighted by molar-refractivity contribution is 0.553. The van der Waals surface area contributed by atoms with Crippen LogP contribution in [0.2, 0.25) is 0 Å². The van der Waals surface area contributed by atoms with E-state index in [1.54, 1.807) is 0 Å². The van der Waals surface area contributed by atoms with Crippen molar-refractivity contribution in [1.29, 1.82) is 0 Å². The first-order valence-electron chi connectivity index (χ1n) is 8.42. The Hall–Kier alpha value is -2.30. The van der Waals surface area contributed by atoms with Crippen LogP contribution in [0.25, 0.3) is 5.65 Å². The number of benzene rings is 1. The molecule has 2 N–H and O–H groups in total. The smallest absolute Gasteiger partial charge is 0.191 e. The predicted molar refractivity (Wildman–Crippen MR) is 111 cm³/mol. The molecule has 0 spiro atoms. The molecule has 0 atom stereocenters. The van der Waals surface area contributed by atoms with Gasteiger partial charge in [0, 0.05) is 24.8 Å². The summed E-state index contributed by atoms with van der Waals surface area (Å²) in [5.74, 6) is 0.183. The van der Waals surface area contributed by atoms with Crippen LogP contribution in [0.5, 0.6) is 0 Å². The maximum absolute atomic E-state index is 13.7. The molecule has 0 aliphatic heterocycles. The Morgan fingerprint density at radius 3 is 2.59 bits per heavy atom. The molecule has 0 saturated heterocycles. The second-order valence-corrected chi connectivity index (χ2v) is 5.62. The number of hydrogen-bond donors (Lipinski definition) is 2. The molecule has 6 nitrogen and oxygen atoms in total. The fourth-order valence-corrected chi connectivity index (χ4v) is 2.57. The van der Waals surface area contributed by atoms with Gasteiger partial charge in [0.05, 0.1) is 0 Å². The SMILES string of the molecule is CCNC(=NCc1nnc2ccccn12)NCCc1c(F)cccc1F.I. The molecule has 2 heterocycles. The van der Waals surface area contributed by atoms with E-state index in [4.69, 9.17) is 0 Å². The van der Waals surface area contributed by atoms with E-state index in [2.05, 4.69) is 25.8 Å². The number of rotatable bonds is 6. The van der Waals surface area contributed by atoms with Gasteiger partial charge in [-0.2, -0.15) is 0 Å². The van der Waals surface area contributed by atoms with Crippen molar-refractivity contribution in [1.82, 2.24) is 25.2 Å². The third-order valence-electron chi connectivity index (χ3n) is 3.84. The Balaban J connectivity index is 0.00000261. The maximum Gasteiger partial charge on any atom is 0.191 e. The molecule has 3 aromatic rings. The molecule has 0 amide bonds. The number of nitrogens with one attached hydrogen (secondary N) is 2. The lowest BCUT2D eigenvalue weighted by Gasteiger charge is -2.11. The zero-order valence-electron chi connectivity index (χ0n) is 14.8. The third kappa shape index (κ3) is 5.34. The van der Waals surface area contributed by atoms with Crippen LogP contribution in [0.1, 0.15) is 18.3 Å². The summed E-state index contributed by atoms with van der Waals surface area (Å²) < 4.78 is 29.2. The number of aliphatic imine (C=N–C) groups is 1. The topological polar surface area (TPSA) is 66.6 Å². The van der Waals surface area contributed by atoms with Crippen LogP contribution in [0.4, 0.5) is 8.78 Å². The van der Waals surface area contributed by atoms with Gasteiger partial charge in [-0.3, -0.25) is 4.40 Å². The third-order valence-corrected chi connectivity index (χ3v) is 3.84. The molecule has 2 aromatic heterocycles. The predicted octanol–water partition coefficient (Wildman–Crippen LogP) is 2.92. The van der Waals surface area contributed by atoms with E-state index < -0.39 is 11.6 Å². The van der Waals surface area contributed by atoms with Gasteiger partial charge in [-0.15, -0.1) is 34.2 Å². The average molecular weight is 486 g/mol. The lowest BCUT2D eigenvalue weighted by atomic mass is 10.1.